The molecule has 1 unspecified atom stereocenters. The lowest BCUT2D eigenvalue weighted by Crippen LogP contribution is -2.42. The molecule has 0 spiro atoms. The molecule has 29 heavy (non-hydrogen) atoms. The number of benzene rings is 2. The van der Waals surface area contributed by atoms with E-state index in [1.165, 1.54) is 5.56 Å². The molecular formula is C23H24N2O3S. The number of hydrogen-bond donors (Lipinski definition) is 0. The van der Waals surface area contributed by atoms with Crippen LogP contribution in [0.25, 0.3) is 11.3 Å². The van der Waals surface area contributed by atoms with Gasteiger partial charge in [-0.05, 0) is 26.0 Å². The predicted molar refractivity (Wildman–Crippen MR) is 115 cm³/mol. The molecule has 0 radical (unpaired) electrons. The number of thiazole rings is 1. The third-order valence-corrected chi connectivity index (χ3v) is 5.88. The Labute approximate surface area is 174 Å². The van der Waals surface area contributed by atoms with E-state index in [4.69, 9.17) is 9.47 Å². The molecule has 1 aliphatic rings. The van der Waals surface area contributed by atoms with Gasteiger partial charge in [0.25, 0.3) is 0 Å². The van der Waals surface area contributed by atoms with E-state index in [0.717, 1.165) is 32.6 Å². The van der Waals surface area contributed by atoms with Crippen LogP contribution in [0.3, 0.4) is 0 Å². The molecule has 0 saturated carbocycles. The molecule has 0 aliphatic carbocycles. The van der Waals surface area contributed by atoms with Crippen LogP contribution in [0.5, 0.6) is 11.5 Å². The number of nitrogens with zero attached hydrogens (tertiary/aromatic N) is 2. The SMILES string of the molecule is Cc1ccc(-c2nc(C)sc2CC(=O)N(C)CC2COc3ccccc3O2)cc1. The minimum atomic E-state index is -0.182. The van der Waals surface area contributed by atoms with Gasteiger partial charge >= 0.3 is 0 Å². The van der Waals surface area contributed by atoms with E-state index in [9.17, 15) is 4.79 Å². The van der Waals surface area contributed by atoms with E-state index in [1.807, 2.05) is 38.2 Å². The van der Waals surface area contributed by atoms with Crippen molar-refractivity contribution in [3.05, 3.63) is 64.0 Å². The van der Waals surface area contributed by atoms with Crippen molar-refractivity contribution in [3.8, 4) is 22.8 Å². The van der Waals surface area contributed by atoms with Crippen LogP contribution in [0.2, 0.25) is 0 Å². The third kappa shape index (κ3) is 4.43. The van der Waals surface area contributed by atoms with E-state index in [2.05, 4.69) is 36.2 Å². The average molecular weight is 409 g/mol. The van der Waals surface area contributed by atoms with Crippen LogP contribution in [-0.4, -0.2) is 42.1 Å². The summed E-state index contributed by atoms with van der Waals surface area (Å²) >= 11 is 1.58. The highest BCUT2D eigenvalue weighted by Gasteiger charge is 2.24. The first-order valence-corrected chi connectivity index (χ1v) is 10.5. The van der Waals surface area contributed by atoms with E-state index in [1.54, 1.807) is 16.2 Å². The van der Waals surface area contributed by atoms with Crippen molar-refractivity contribution >= 4 is 17.2 Å². The summed E-state index contributed by atoms with van der Waals surface area (Å²) in [5.41, 5.74) is 3.15. The number of likely N-dealkylation sites (N-methyl/N-ethyl adjacent to an activating group) is 1. The van der Waals surface area contributed by atoms with Crippen molar-refractivity contribution in [1.29, 1.82) is 0 Å². The predicted octanol–water partition coefficient (Wildman–Crippen LogP) is 4.27. The Morgan fingerprint density at radius 3 is 2.62 bits per heavy atom. The molecular weight excluding hydrogens is 384 g/mol. The van der Waals surface area contributed by atoms with E-state index >= 15 is 0 Å². The average Bonchev–Trinajstić information content (AvgIpc) is 3.08. The number of para-hydroxylation sites is 2. The zero-order valence-electron chi connectivity index (χ0n) is 16.8. The summed E-state index contributed by atoms with van der Waals surface area (Å²) in [6.07, 6.45) is 0.147. The number of carbonyl (C=O) groups is 1. The first-order chi connectivity index (χ1) is 14.0. The third-order valence-electron chi connectivity index (χ3n) is 4.91. The quantitative estimate of drug-likeness (QED) is 0.633. The van der Waals surface area contributed by atoms with Crippen LogP contribution < -0.4 is 9.47 Å². The zero-order valence-corrected chi connectivity index (χ0v) is 17.7. The van der Waals surface area contributed by atoms with Crippen LogP contribution in [0, 0.1) is 13.8 Å². The highest BCUT2D eigenvalue weighted by molar-refractivity contribution is 7.12. The highest BCUT2D eigenvalue weighted by Crippen LogP contribution is 2.31. The Kier molecular flexibility index (Phi) is 5.53. The maximum atomic E-state index is 12.9. The van der Waals surface area contributed by atoms with Crippen LogP contribution in [0.1, 0.15) is 15.4 Å². The van der Waals surface area contributed by atoms with Crippen LogP contribution >= 0.6 is 11.3 Å². The Bertz CT molecular complexity index is 1010. The number of carbonyl (C=O) groups excluding carboxylic acids is 1. The summed E-state index contributed by atoms with van der Waals surface area (Å²) in [5, 5.41) is 0.964. The first kappa shape index (κ1) is 19.5. The van der Waals surface area contributed by atoms with Gasteiger partial charge in [-0.3, -0.25) is 4.79 Å². The lowest BCUT2D eigenvalue weighted by Gasteiger charge is -2.29. The maximum absolute atomic E-state index is 12.9. The fraction of sp³-hybridized carbons (Fsp3) is 0.304. The van der Waals surface area contributed by atoms with E-state index in [-0.39, 0.29) is 12.0 Å². The van der Waals surface area contributed by atoms with Gasteiger partial charge in [0.1, 0.15) is 6.61 Å². The molecule has 4 rings (SSSR count). The summed E-state index contributed by atoms with van der Waals surface area (Å²) in [7, 11) is 1.81. The molecule has 0 N–H and O–H groups in total. The molecule has 0 fully saturated rings. The van der Waals surface area contributed by atoms with Gasteiger partial charge in [0.2, 0.25) is 5.91 Å². The van der Waals surface area contributed by atoms with Crippen molar-refractivity contribution in [2.75, 3.05) is 20.2 Å². The van der Waals surface area contributed by atoms with Gasteiger partial charge in [0, 0.05) is 17.5 Å². The summed E-state index contributed by atoms with van der Waals surface area (Å²) in [4.78, 5) is 20.3. The summed E-state index contributed by atoms with van der Waals surface area (Å²) < 4.78 is 11.7. The normalized spacial score (nSPS) is 15.2. The van der Waals surface area contributed by atoms with Crippen molar-refractivity contribution in [1.82, 2.24) is 9.88 Å². The number of hydrogen-bond acceptors (Lipinski definition) is 5. The molecule has 2 heterocycles. The van der Waals surface area contributed by atoms with Gasteiger partial charge in [0.15, 0.2) is 17.6 Å². The first-order valence-electron chi connectivity index (χ1n) is 9.65. The van der Waals surface area contributed by atoms with Crippen LogP contribution in [0.4, 0.5) is 0 Å². The number of amides is 1. The molecule has 5 nitrogen and oxygen atoms in total. The number of aryl methyl sites for hydroxylation is 2. The molecule has 3 aromatic rings. The Balaban J connectivity index is 1.43. The van der Waals surface area contributed by atoms with Crippen molar-refractivity contribution in [3.63, 3.8) is 0 Å². The van der Waals surface area contributed by atoms with E-state index < -0.39 is 0 Å². The van der Waals surface area contributed by atoms with Gasteiger partial charge in [0.05, 0.1) is 23.7 Å². The van der Waals surface area contributed by atoms with Crippen LogP contribution in [-0.2, 0) is 11.2 Å². The smallest absolute Gasteiger partial charge is 0.227 e. The van der Waals surface area contributed by atoms with Crippen LogP contribution in [0.15, 0.2) is 48.5 Å². The lowest BCUT2D eigenvalue weighted by atomic mass is 10.1. The monoisotopic (exact) mass is 408 g/mol. The fourth-order valence-electron chi connectivity index (χ4n) is 3.36. The second-order valence-electron chi connectivity index (χ2n) is 7.32. The molecule has 6 heteroatoms. The lowest BCUT2D eigenvalue weighted by molar-refractivity contribution is -0.130. The van der Waals surface area contributed by atoms with Gasteiger partial charge in [-0.2, -0.15) is 0 Å². The minimum absolute atomic E-state index is 0.0458. The largest absolute Gasteiger partial charge is 0.486 e. The van der Waals surface area contributed by atoms with Gasteiger partial charge in [-0.1, -0.05) is 42.0 Å². The minimum Gasteiger partial charge on any atom is -0.486 e. The summed E-state index contributed by atoms with van der Waals surface area (Å²) in [5.74, 6) is 1.52. The number of rotatable bonds is 5. The standard InChI is InChI=1S/C23H24N2O3S/c1-15-8-10-17(11-9-15)23-21(29-16(2)24-23)12-22(26)25(3)13-18-14-27-19-6-4-5-7-20(19)28-18/h4-11,18H,12-14H2,1-3H3. The molecule has 150 valence electrons. The highest BCUT2D eigenvalue weighted by atomic mass is 32.1. The zero-order chi connectivity index (χ0) is 20.4. The topological polar surface area (TPSA) is 51.7 Å². The second-order valence-corrected chi connectivity index (χ2v) is 8.61. The van der Waals surface area contributed by atoms with Gasteiger partial charge in [-0.25, -0.2) is 4.98 Å². The molecule has 1 aliphatic heterocycles. The number of ether oxygens (including phenoxy) is 2. The van der Waals surface area contributed by atoms with Gasteiger partial charge < -0.3 is 14.4 Å². The fourth-order valence-corrected chi connectivity index (χ4v) is 4.31. The molecule has 0 bridgehead atoms. The summed E-state index contributed by atoms with van der Waals surface area (Å²) in [6.45, 7) is 4.95. The summed E-state index contributed by atoms with van der Waals surface area (Å²) in [6, 6.07) is 15.9. The number of fused-ring (bicyclic) bond motifs is 1. The number of aromatic nitrogens is 1. The Morgan fingerprint density at radius 2 is 1.86 bits per heavy atom. The van der Waals surface area contributed by atoms with Gasteiger partial charge in [-0.15, -0.1) is 11.3 Å². The van der Waals surface area contributed by atoms with Crippen molar-refractivity contribution < 1.29 is 14.3 Å². The second kappa shape index (κ2) is 8.25. The Hall–Kier alpha value is -2.86. The van der Waals surface area contributed by atoms with Crippen molar-refractivity contribution in [2.45, 2.75) is 26.4 Å². The Morgan fingerprint density at radius 1 is 1.14 bits per heavy atom. The molecule has 1 atom stereocenters. The maximum Gasteiger partial charge on any atom is 0.227 e. The van der Waals surface area contributed by atoms with Crippen molar-refractivity contribution in [2.24, 2.45) is 0 Å². The van der Waals surface area contributed by atoms with E-state index in [0.29, 0.717) is 19.6 Å². The molecule has 0 saturated heterocycles. The molecule has 1 amide bonds. The molecule has 2 aromatic carbocycles. The molecule has 1 aromatic heterocycles.